The minimum absolute atomic E-state index is 0.120. The van der Waals surface area contributed by atoms with E-state index in [1.165, 1.54) is 30.3 Å². The third-order valence-corrected chi connectivity index (χ3v) is 5.58. The van der Waals surface area contributed by atoms with Crippen molar-refractivity contribution in [1.29, 1.82) is 0 Å². The van der Waals surface area contributed by atoms with Crippen LogP contribution in [0.5, 0.6) is 0 Å². The Morgan fingerprint density at radius 3 is 2.07 bits per heavy atom. The van der Waals surface area contributed by atoms with E-state index >= 15 is 0 Å². The first kappa shape index (κ1) is 19.2. The number of hydrogen-bond donors (Lipinski definition) is 2. The van der Waals surface area contributed by atoms with Gasteiger partial charge in [0.05, 0.1) is 21.2 Å². The van der Waals surface area contributed by atoms with E-state index in [0.717, 1.165) is 0 Å². The average molecular weight is 421 g/mol. The minimum Gasteiger partial charge on any atom is -0.322 e. The molecule has 8 heteroatoms. The molecule has 0 saturated heterocycles. The first-order valence-corrected chi connectivity index (χ1v) is 10.0. The molecule has 3 aromatic carbocycles. The van der Waals surface area contributed by atoms with Crippen LogP contribution < -0.4 is 10.0 Å². The monoisotopic (exact) mass is 420 g/mol. The van der Waals surface area contributed by atoms with E-state index in [-0.39, 0.29) is 21.2 Å². The minimum atomic E-state index is -3.74. The van der Waals surface area contributed by atoms with Gasteiger partial charge in [0, 0.05) is 10.7 Å². The molecule has 0 aromatic heterocycles. The number of carbonyl (C=O) groups is 1. The maximum Gasteiger partial charge on any atom is 0.261 e. The topological polar surface area (TPSA) is 75.3 Å². The highest BCUT2D eigenvalue weighted by atomic mass is 35.5. The number of amides is 1. The summed E-state index contributed by atoms with van der Waals surface area (Å²) in [5.41, 5.74) is 1.04. The van der Waals surface area contributed by atoms with Gasteiger partial charge in [-0.1, -0.05) is 41.4 Å². The van der Waals surface area contributed by atoms with Gasteiger partial charge in [-0.05, 0) is 54.6 Å². The van der Waals surface area contributed by atoms with Gasteiger partial charge < -0.3 is 5.32 Å². The van der Waals surface area contributed by atoms with Crippen LogP contribution in [0.2, 0.25) is 10.0 Å². The van der Waals surface area contributed by atoms with Crippen LogP contribution in [0.1, 0.15) is 10.4 Å². The van der Waals surface area contributed by atoms with Gasteiger partial charge in [-0.3, -0.25) is 9.52 Å². The van der Waals surface area contributed by atoms with Crippen molar-refractivity contribution in [2.45, 2.75) is 4.90 Å². The summed E-state index contributed by atoms with van der Waals surface area (Å²) in [6.07, 6.45) is 0. The third kappa shape index (κ3) is 4.80. The fraction of sp³-hybridized carbons (Fsp3) is 0. The standard InChI is InChI=1S/C19H14Cl2N2O3S/c20-13-6-8-14(9-7-13)22-19(24)17-11-10-15(12-18(17)21)23-27(25,26)16-4-2-1-3-5-16/h1-12,23H,(H,22,24). The van der Waals surface area contributed by atoms with Gasteiger partial charge in [-0.2, -0.15) is 0 Å². The lowest BCUT2D eigenvalue weighted by Gasteiger charge is -2.11. The van der Waals surface area contributed by atoms with Crippen LogP contribution in [0.25, 0.3) is 0 Å². The van der Waals surface area contributed by atoms with Crippen LogP contribution in [0, 0.1) is 0 Å². The van der Waals surface area contributed by atoms with Crippen molar-refractivity contribution in [3.8, 4) is 0 Å². The van der Waals surface area contributed by atoms with Crippen molar-refractivity contribution in [2.75, 3.05) is 10.0 Å². The lowest BCUT2D eigenvalue weighted by Crippen LogP contribution is -2.14. The first-order valence-electron chi connectivity index (χ1n) is 7.79. The second kappa shape index (κ2) is 8.00. The van der Waals surface area contributed by atoms with Crippen molar-refractivity contribution in [2.24, 2.45) is 0 Å². The van der Waals surface area contributed by atoms with Crippen LogP contribution in [0.3, 0.4) is 0 Å². The van der Waals surface area contributed by atoms with Crippen LogP contribution in [0.15, 0.2) is 77.7 Å². The van der Waals surface area contributed by atoms with Crippen LogP contribution in [-0.4, -0.2) is 14.3 Å². The Labute approximate surface area is 167 Å². The first-order chi connectivity index (χ1) is 12.8. The third-order valence-electron chi connectivity index (χ3n) is 3.62. The highest BCUT2D eigenvalue weighted by Crippen LogP contribution is 2.24. The van der Waals surface area contributed by atoms with Crippen molar-refractivity contribution >= 4 is 50.5 Å². The van der Waals surface area contributed by atoms with E-state index in [1.54, 1.807) is 42.5 Å². The molecule has 0 unspecified atom stereocenters. The second-order valence-corrected chi connectivity index (χ2v) is 8.10. The lowest BCUT2D eigenvalue weighted by atomic mass is 10.2. The van der Waals surface area contributed by atoms with Gasteiger partial charge in [-0.15, -0.1) is 0 Å². The zero-order chi connectivity index (χ0) is 19.4. The summed E-state index contributed by atoms with van der Waals surface area (Å²) >= 11 is 12.0. The van der Waals surface area contributed by atoms with Crippen molar-refractivity contribution in [3.05, 3.63) is 88.4 Å². The Morgan fingerprint density at radius 2 is 1.44 bits per heavy atom. The van der Waals surface area contributed by atoms with Crippen LogP contribution >= 0.6 is 23.2 Å². The molecule has 0 saturated carbocycles. The highest BCUT2D eigenvalue weighted by molar-refractivity contribution is 7.92. The Bertz CT molecular complexity index is 1070. The molecule has 0 heterocycles. The highest BCUT2D eigenvalue weighted by Gasteiger charge is 2.16. The number of sulfonamides is 1. The number of benzene rings is 3. The molecule has 0 aliphatic heterocycles. The molecule has 138 valence electrons. The molecule has 0 spiro atoms. The summed E-state index contributed by atoms with van der Waals surface area (Å²) in [4.78, 5) is 12.5. The number of halogens is 2. The van der Waals surface area contributed by atoms with Gasteiger partial charge in [0.25, 0.3) is 15.9 Å². The lowest BCUT2D eigenvalue weighted by molar-refractivity contribution is 0.102. The van der Waals surface area contributed by atoms with E-state index in [2.05, 4.69) is 10.0 Å². The predicted molar refractivity (Wildman–Crippen MR) is 108 cm³/mol. The van der Waals surface area contributed by atoms with Crippen molar-refractivity contribution in [1.82, 2.24) is 0 Å². The van der Waals surface area contributed by atoms with Gasteiger partial charge in [0.2, 0.25) is 0 Å². The largest absolute Gasteiger partial charge is 0.322 e. The molecule has 2 N–H and O–H groups in total. The maximum absolute atomic E-state index is 12.4. The Balaban J connectivity index is 1.77. The van der Waals surface area contributed by atoms with Gasteiger partial charge in [0.15, 0.2) is 0 Å². The Kier molecular flexibility index (Phi) is 5.70. The molecule has 0 bridgehead atoms. The van der Waals surface area contributed by atoms with E-state index in [4.69, 9.17) is 23.2 Å². The number of carbonyl (C=O) groups excluding carboxylic acids is 1. The molecular weight excluding hydrogens is 407 g/mol. The molecule has 27 heavy (non-hydrogen) atoms. The predicted octanol–water partition coefficient (Wildman–Crippen LogP) is 5.05. The molecule has 0 aliphatic carbocycles. The molecule has 0 radical (unpaired) electrons. The quantitative estimate of drug-likeness (QED) is 0.606. The number of anilines is 2. The number of nitrogens with one attached hydrogen (secondary N) is 2. The van der Waals surface area contributed by atoms with E-state index in [9.17, 15) is 13.2 Å². The van der Waals surface area contributed by atoms with E-state index in [0.29, 0.717) is 10.7 Å². The fourth-order valence-corrected chi connectivity index (χ4v) is 3.77. The second-order valence-electron chi connectivity index (χ2n) is 5.57. The smallest absolute Gasteiger partial charge is 0.261 e. The summed E-state index contributed by atoms with van der Waals surface area (Å²) in [7, 11) is -3.74. The molecule has 0 fully saturated rings. The van der Waals surface area contributed by atoms with E-state index < -0.39 is 15.9 Å². The number of hydrogen-bond acceptors (Lipinski definition) is 3. The molecule has 0 aliphatic rings. The Hall–Kier alpha value is -2.54. The number of rotatable bonds is 5. The summed E-state index contributed by atoms with van der Waals surface area (Å²) < 4.78 is 27.2. The molecular formula is C19H14Cl2N2O3S. The molecule has 1 amide bonds. The summed E-state index contributed by atoms with van der Waals surface area (Å²) in [5.74, 6) is -0.417. The van der Waals surface area contributed by atoms with E-state index in [1.807, 2.05) is 0 Å². The zero-order valence-electron chi connectivity index (χ0n) is 13.8. The van der Waals surface area contributed by atoms with Crippen LogP contribution in [-0.2, 0) is 10.0 Å². The maximum atomic E-state index is 12.4. The average Bonchev–Trinajstić information content (AvgIpc) is 2.64. The molecule has 3 rings (SSSR count). The summed E-state index contributed by atoms with van der Waals surface area (Å²) in [6.45, 7) is 0. The normalized spacial score (nSPS) is 11.0. The molecule has 5 nitrogen and oxygen atoms in total. The Morgan fingerprint density at radius 1 is 0.815 bits per heavy atom. The van der Waals surface area contributed by atoms with Crippen molar-refractivity contribution < 1.29 is 13.2 Å². The van der Waals surface area contributed by atoms with Gasteiger partial charge in [0.1, 0.15) is 0 Å². The molecule has 0 atom stereocenters. The fourth-order valence-electron chi connectivity index (χ4n) is 2.31. The SMILES string of the molecule is O=C(Nc1ccc(Cl)cc1)c1ccc(NS(=O)(=O)c2ccccc2)cc1Cl. The van der Waals surface area contributed by atoms with Crippen LogP contribution in [0.4, 0.5) is 11.4 Å². The summed E-state index contributed by atoms with van der Waals surface area (Å²) in [6, 6.07) is 18.9. The molecule has 3 aromatic rings. The van der Waals surface area contributed by atoms with Gasteiger partial charge in [-0.25, -0.2) is 8.42 Å². The van der Waals surface area contributed by atoms with Crippen molar-refractivity contribution in [3.63, 3.8) is 0 Å². The van der Waals surface area contributed by atoms with Gasteiger partial charge >= 0.3 is 0 Å². The zero-order valence-corrected chi connectivity index (χ0v) is 16.1. The summed E-state index contributed by atoms with van der Waals surface area (Å²) in [5, 5.41) is 3.38.